The second-order valence-corrected chi connectivity index (χ2v) is 14.2. The lowest BCUT2D eigenvalue weighted by Gasteiger charge is -2.26. The van der Waals surface area contributed by atoms with E-state index in [1.165, 1.54) is 0 Å². The maximum Gasteiger partial charge on any atom is 0.408 e. The van der Waals surface area contributed by atoms with Crippen LogP contribution < -0.4 is 16.4 Å². The van der Waals surface area contributed by atoms with Crippen molar-refractivity contribution in [3.8, 4) is 0 Å². The van der Waals surface area contributed by atoms with Crippen LogP contribution in [0, 0.1) is 0 Å². The van der Waals surface area contributed by atoms with Gasteiger partial charge in [0.05, 0.1) is 0 Å². The van der Waals surface area contributed by atoms with Crippen molar-refractivity contribution in [2.24, 2.45) is 5.73 Å². The van der Waals surface area contributed by atoms with Crippen LogP contribution >= 0.6 is 0 Å². The van der Waals surface area contributed by atoms with Gasteiger partial charge in [0, 0.05) is 0 Å². The molecular weight excluding hydrogens is 542 g/mol. The van der Waals surface area contributed by atoms with Crippen molar-refractivity contribution in [2.75, 3.05) is 6.54 Å². The molecule has 0 fully saturated rings. The standard InChI is InChI=1S/C16H31NO4.C15H30N2O4/c1-8-9-10-11-12(13(18)20-15(2,3)4)17-14(19)21-16(5,6)7;1-14(2,3)20-12(18)11(9-7-8-10-16)17-13(19)21-15(4,5)6/h12H,8-11H2,1-7H3,(H,17,19);11H,7-10,16H2,1-6H3,(H,17,19)/t12-;11-/m00/s1. The normalized spacial score (nSPS) is 13.5. The molecular formula is C31H61N3O8. The highest BCUT2D eigenvalue weighted by Crippen LogP contribution is 2.15. The minimum atomic E-state index is -0.717. The lowest BCUT2D eigenvalue weighted by atomic mass is 10.1. The van der Waals surface area contributed by atoms with E-state index in [1.807, 2.05) is 20.8 Å². The number of rotatable bonds is 12. The molecule has 42 heavy (non-hydrogen) atoms. The predicted molar refractivity (Wildman–Crippen MR) is 165 cm³/mol. The molecule has 248 valence electrons. The van der Waals surface area contributed by atoms with Crippen LogP contribution in [0.1, 0.15) is 135 Å². The van der Waals surface area contributed by atoms with Crippen molar-refractivity contribution in [3.05, 3.63) is 0 Å². The Kier molecular flexibility index (Phi) is 18.7. The van der Waals surface area contributed by atoms with Crippen molar-refractivity contribution in [3.63, 3.8) is 0 Å². The van der Waals surface area contributed by atoms with Gasteiger partial charge in [-0.2, -0.15) is 0 Å². The Morgan fingerprint density at radius 2 is 0.857 bits per heavy atom. The van der Waals surface area contributed by atoms with Crippen molar-refractivity contribution >= 4 is 24.1 Å². The van der Waals surface area contributed by atoms with E-state index in [0.29, 0.717) is 19.4 Å². The van der Waals surface area contributed by atoms with Crippen LogP contribution in [0.25, 0.3) is 0 Å². The number of nitrogens with one attached hydrogen (secondary N) is 2. The fraction of sp³-hybridized carbons (Fsp3) is 0.871. The summed E-state index contributed by atoms with van der Waals surface area (Å²) in [5.41, 5.74) is 3.07. The third kappa shape index (κ3) is 26.3. The summed E-state index contributed by atoms with van der Waals surface area (Å²) in [6.07, 6.45) is 4.26. The Labute approximate surface area is 254 Å². The van der Waals surface area contributed by atoms with Gasteiger partial charge >= 0.3 is 24.1 Å². The summed E-state index contributed by atoms with van der Waals surface area (Å²) in [6.45, 7) is 24.1. The first-order chi connectivity index (χ1) is 18.9. The van der Waals surface area contributed by atoms with E-state index in [2.05, 4.69) is 17.6 Å². The Morgan fingerprint density at radius 3 is 1.12 bits per heavy atom. The van der Waals surface area contributed by atoms with E-state index < -0.39 is 58.6 Å². The first-order valence-corrected chi connectivity index (χ1v) is 15.0. The maximum atomic E-state index is 12.2. The highest BCUT2D eigenvalue weighted by atomic mass is 16.6. The third-order valence-electron chi connectivity index (χ3n) is 4.81. The van der Waals surface area contributed by atoms with Crippen LogP contribution in [0.2, 0.25) is 0 Å². The van der Waals surface area contributed by atoms with Gasteiger partial charge in [-0.25, -0.2) is 19.2 Å². The molecule has 0 bridgehead atoms. The van der Waals surface area contributed by atoms with Gasteiger partial charge in [-0.3, -0.25) is 0 Å². The first-order valence-electron chi connectivity index (χ1n) is 15.0. The molecule has 0 aromatic heterocycles. The van der Waals surface area contributed by atoms with Gasteiger partial charge in [-0.05, 0) is 115 Å². The largest absolute Gasteiger partial charge is 0.458 e. The van der Waals surface area contributed by atoms with Crippen LogP contribution in [0.5, 0.6) is 0 Å². The van der Waals surface area contributed by atoms with E-state index in [-0.39, 0.29) is 0 Å². The molecule has 11 nitrogen and oxygen atoms in total. The summed E-state index contributed by atoms with van der Waals surface area (Å²) < 4.78 is 21.0. The van der Waals surface area contributed by atoms with Crippen molar-refractivity contribution in [2.45, 2.75) is 169 Å². The van der Waals surface area contributed by atoms with Crippen molar-refractivity contribution < 1.29 is 38.1 Å². The smallest absolute Gasteiger partial charge is 0.408 e. The molecule has 11 heteroatoms. The SMILES string of the molecule is CC(C)(C)OC(=O)N[C@@H](CCCCN)C(=O)OC(C)(C)C.CCCCC[C@H](NC(=O)OC(C)(C)C)C(=O)OC(C)(C)C. The molecule has 0 aliphatic rings. The van der Waals surface area contributed by atoms with Gasteiger partial charge in [0.25, 0.3) is 0 Å². The highest BCUT2D eigenvalue weighted by Gasteiger charge is 2.29. The number of carbonyl (C=O) groups is 4. The molecule has 2 atom stereocenters. The van der Waals surface area contributed by atoms with E-state index in [0.717, 1.165) is 32.1 Å². The number of alkyl carbamates (subject to hydrolysis) is 2. The molecule has 2 amide bonds. The highest BCUT2D eigenvalue weighted by molar-refractivity contribution is 5.82. The average Bonchev–Trinajstić information content (AvgIpc) is 2.73. The lowest BCUT2D eigenvalue weighted by Crippen LogP contribution is -2.46. The molecule has 0 aliphatic heterocycles. The molecule has 0 rings (SSSR count). The fourth-order valence-corrected chi connectivity index (χ4v) is 3.23. The zero-order valence-corrected chi connectivity index (χ0v) is 28.7. The molecule has 0 unspecified atom stereocenters. The van der Waals surface area contributed by atoms with Gasteiger partial charge in [-0.1, -0.05) is 26.2 Å². The molecule has 0 aliphatic carbocycles. The number of esters is 2. The monoisotopic (exact) mass is 603 g/mol. The van der Waals surface area contributed by atoms with Gasteiger partial charge in [-0.15, -0.1) is 0 Å². The Morgan fingerprint density at radius 1 is 0.548 bits per heavy atom. The van der Waals surface area contributed by atoms with Gasteiger partial charge in [0.1, 0.15) is 34.5 Å². The van der Waals surface area contributed by atoms with Crippen molar-refractivity contribution in [1.82, 2.24) is 10.6 Å². The molecule has 0 spiro atoms. The predicted octanol–water partition coefficient (Wildman–Crippen LogP) is 6.15. The second kappa shape index (κ2) is 18.9. The van der Waals surface area contributed by atoms with Crippen LogP contribution in [-0.2, 0) is 28.5 Å². The number of nitrogens with two attached hydrogens (primary N) is 1. The molecule has 0 heterocycles. The van der Waals surface area contributed by atoms with E-state index in [1.54, 1.807) is 62.3 Å². The summed E-state index contributed by atoms with van der Waals surface area (Å²) in [6, 6.07) is -1.38. The Hall–Kier alpha value is -2.56. The van der Waals surface area contributed by atoms with Crippen LogP contribution in [0.15, 0.2) is 0 Å². The van der Waals surface area contributed by atoms with E-state index in [4.69, 9.17) is 24.7 Å². The minimum absolute atomic E-state index is 0.413. The zero-order chi connectivity index (χ0) is 33.4. The topological polar surface area (TPSA) is 155 Å². The van der Waals surface area contributed by atoms with E-state index in [9.17, 15) is 19.2 Å². The number of ether oxygens (including phenoxy) is 4. The van der Waals surface area contributed by atoms with Gasteiger partial charge in [0.15, 0.2) is 0 Å². The molecule has 4 N–H and O–H groups in total. The first kappa shape index (κ1) is 41.6. The molecule has 0 saturated heterocycles. The van der Waals surface area contributed by atoms with Gasteiger partial charge in [0.2, 0.25) is 0 Å². The van der Waals surface area contributed by atoms with Gasteiger partial charge < -0.3 is 35.3 Å². The Bertz CT molecular complexity index is 750. The van der Waals surface area contributed by atoms with Crippen molar-refractivity contribution in [1.29, 1.82) is 0 Å². The quantitative estimate of drug-likeness (QED) is 0.135. The second-order valence-electron chi connectivity index (χ2n) is 14.2. The number of unbranched alkanes of at least 4 members (excludes halogenated alkanes) is 3. The Balaban J connectivity index is 0. The zero-order valence-electron chi connectivity index (χ0n) is 28.7. The lowest BCUT2D eigenvalue weighted by molar-refractivity contribution is -0.158. The summed E-state index contributed by atoms with van der Waals surface area (Å²) in [5, 5.41) is 5.20. The summed E-state index contributed by atoms with van der Waals surface area (Å²) in [7, 11) is 0. The van der Waals surface area contributed by atoms with Crippen LogP contribution in [0.4, 0.5) is 9.59 Å². The number of hydrogen-bond donors (Lipinski definition) is 3. The summed E-state index contributed by atoms with van der Waals surface area (Å²) in [5.74, 6) is -0.866. The molecule has 0 aromatic rings. The number of hydrogen-bond acceptors (Lipinski definition) is 9. The molecule has 0 radical (unpaired) electrons. The van der Waals surface area contributed by atoms with Crippen LogP contribution in [-0.4, -0.2) is 65.2 Å². The molecule has 0 saturated carbocycles. The maximum absolute atomic E-state index is 12.2. The molecule has 0 aromatic carbocycles. The third-order valence-corrected chi connectivity index (χ3v) is 4.81. The number of carbonyl (C=O) groups excluding carboxylic acids is 4. The van der Waals surface area contributed by atoms with Crippen LogP contribution in [0.3, 0.4) is 0 Å². The average molecular weight is 604 g/mol. The summed E-state index contributed by atoms with van der Waals surface area (Å²) in [4.78, 5) is 47.9. The summed E-state index contributed by atoms with van der Waals surface area (Å²) >= 11 is 0. The van der Waals surface area contributed by atoms with E-state index >= 15 is 0 Å². The number of amides is 2. The minimum Gasteiger partial charge on any atom is -0.458 e. The fourth-order valence-electron chi connectivity index (χ4n) is 3.23.